The van der Waals surface area contributed by atoms with Crippen LogP contribution in [0.15, 0.2) is 29.3 Å². The quantitative estimate of drug-likeness (QED) is 0.404. The molecule has 2 N–H and O–H groups in total. The van der Waals surface area contributed by atoms with Crippen LogP contribution >= 0.6 is 11.6 Å². The fourth-order valence-corrected chi connectivity index (χ4v) is 3.37. The van der Waals surface area contributed by atoms with Gasteiger partial charge in [0.2, 0.25) is 10.0 Å². The van der Waals surface area contributed by atoms with E-state index in [1.807, 2.05) is 19.1 Å². The number of benzene rings is 1. The lowest BCUT2D eigenvalue weighted by molar-refractivity contribution is 0.172. The van der Waals surface area contributed by atoms with Crippen molar-refractivity contribution >= 4 is 27.6 Å². The molecule has 146 valence electrons. The summed E-state index contributed by atoms with van der Waals surface area (Å²) in [6, 6.07) is 7.98. The molecule has 0 spiro atoms. The second-order valence-corrected chi connectivity index (χ2v) is 8.56. The summed E-state index contributed by atoms with van der Waals surface area (Å²) in [5, 5.41) is 4.05. The molecule has 1 aliphatic rings. The van der Waals surface area contributed by atoms with Crippen molar-refractivity contribution in [3.05, 3.63) is 34.9 Å². The first kappa shape index (κ1) is 21.0. The first-order chi connectivity index (χ1) is 12.4. The zero-order valence-corrected chi connectivity index (χ0v) is 17.0. The number of halogens is 1. The molecule has 0 radical (unpaired) electrons. The van der Waals surface area contributed by atoms with Gasteiger partial charge < -0.3 is 10.2 Å². The minimum absolute atomic E-state index is 0.310. The first-order valence-electron chi connectivity index (χ1n) is 8.82. The van der Waals surface area contributed by atoms with Crippen LogP contribution in [0.2, 0.25) is 5.02 Å². The molecular weight excluding hydrogens is 374 g/mol. The second-order valence-electron chi connectivity index (χ2n) is 6.29. The highest BCUT2D eigenvalue weighted by Gasteiger charge is 2.19. The van der Waals surface area contributed by atoms with Crippen molar-refractivity contribution in [1.29, 1.82) is 0 Å². The van der Waals surface area contributed by atoms with Crippen LogP contribution in [0, 0.1) is 0 Å². The van der Waals surface area contributed by atoms with E-state index >= 15 is 0 Å². The van der Waals surface area contributed by atoms with Crippen molar-refractivity contribution < 1.29 is 8.42 Å². The zero-order valence-electron chi connectivity index (χ0n) is 15.4. The molecule has 0 bridgehead atoms. The molecule has 1 aliphatic heterocycles. The average Bonchev–Trinajstić information content (AvgIpc) is 2.60. The lowest BCUT2D eigenvalue weighted by Crippen LogP contribution is -2.52. The van der Waals surface area contributed by atoms with Gasteiger partial charge in [0.1, 0.15) is 0 Å². The molecule has 26 heavy (non-hydrogen) atoms. The van der Waals surface area contributed by atoms with E-state index in [9.17, 15) is 8.42 Å². The molecule has 1 saturated heterocycles. The predicted molar refractivity (Wildman–Crippen MR) is 107 cm³/mol. The van der Waals surface area contributed by atoms with E-state index in [1.54, 1.807) is 0 Å². The minimum Gasteiger partial charge on any atom is -0.357 e. The number of nitrogens with zero attached hydrogens (tertiary/aromatic N) is 3. The Labute approximate surface area is 161 Å². The van der Waals surface area contributed by atoms with E-state index in [0.29, 0.717) is 13.1 Å². The highest BCUT2D eigenvalue weighted by atomic mass is 35.5. The maximum atomic E-state index is 11.1. The molecule has 1 aromatic carbocycles. The highest BCUT2D eigenvalue weighted by molar-refractivity contribution is 7.88. The number of rotatable bonds is 7. The van der Waals surface area contributed by atoms with Crippen LogP contribution in [0.5, 0.6) is 0 Å². The average molecular weight is 402 g/mol. The fraction of sp³-hybridized carbons (Fsp3) is 0.588. The van der Waals surface area contributed by atoms with Crippen LogP contribution < -0.4 is 10.0 Å². The molecule has 0 unspecified atom stereocenters. The molecule has 1 aromatic rings. The van der Waals surface area contributed by atoms with Crippen molar-refractivity contribution in [2.75, 3.05) is 52.1 Å². The SMILES string of the molecule is CCNC(=NCCNS(C)(=O)=O)N1CCN(Cc2ccc(Cl)cc2)CC1. The summed E-state index contributed by atoms with van der Waals surface area (Å²) in [5.74, 6) is 0.842. The lowest BCUT2D eigenvalue weighted by Gasteiger charge is -2.36. The van der Waals surface area contributed by atoms with Gasteiger partial charge in [0.25, 0.3) is 0 Å². The van der Waals surface area contributed by atoms with Crippen molar-refractivity contribution in [1.82, 2.24) is 19.8 Å². The minimum atomic E-state index is -3.17. The normalized spacial score (nSPS) is 16.7. The van der Waals surface area contributed by atoms with Crippen molar-refractivity contribution in [3.8, 4) is 0 Å². The van der Waals surface area contributed by atoms with Crippen molar-refractivity contribution in [3.63, 3.8) is 0 Å². The van der Waals surface area contributed by atoms with Crippen LogP contribution in [0.1, 0.15) is 12.5 Å². The Balaban J connectivity index is 1.83. The van der Waals surface area contributed by atoms with Crippen molar-refractivity contribution in [2.45, 2.75) is 13.5 Å². The topological polar surface area (TPSA) is 77.0 Å². The monoisotopic (exact) mass is 401 g/mol. The standard InChI is InChI=1S/C17H28ClN5O2S/c1-3-19-17(20-8-9-21-26(2,24)25)23-12-10-22(11-13-23)14-15-4-6-16(18)7-5-15/h4-7,21H,3,8-14H2,1-2H3,(H,19,20). The van der Waals surface area contributed by atoms with Crippen LogP contribution in [-0.4, -0.2) is 76.2 Å². The largest absolute Gasteiger partial charge is 0.357 e. The van der Waals surface area contributed by atoms with E-state index in [1.165, 1.54) is 5.56 Å². The molecule has 7 nitrogen and oxygen atoms in total. The smallest absolute Gasteiger partial charge is 0.208 e. The summed E-state index contributed by atoms with van der Waals surface area (Å²) < 4.78 is 24.7. The molecule has 0 aliphatic carbocycles. The molecular formula is C17H28ClN5O2S. The van der Waals surface area contributed by atoms with Gasteiger partial charge >= 0.3 is 0 Å². The van der Waals surface area contributed by atoms with Crippen LogP contribution in [0.3, 0.4) is 0 Å². The third-order valence-electron chi connectivity index (χ3n) is 4.06. The number of sulfonamides is 1. The van der Waals surface area contributed by atoms with E-state index in [0.717, 1.165) is 56.5 Å². The Morgan fingerprint density at radius 1 is 1.19 bits per heavy atom. The Morgan fingerprint density at radius 2 is 1.85 bits per heavy atom. The number of hydrogen-bond acceptors (Lipinski definition) is 4. The van der Waals surface area contributed by atoms with E-state index < -0.39 is 10.0 Å². The van der Waals surface area contributed by atoms with Gasteiger partial charge in [-0.2, -0.15) is 0 Å². The first-order valence-corrected chi connectivity index (χ1v) is 11.1. The molecule has 0 aromatic heterocycles. The zero-order chi connectivity index (χ0) is 19.0. The van der Waals surface area contributed by atoms with Crippen LogP contribution in [0.4, 0.5) is 0 Å². The van der Waals surface area contributed by atoms with Gasteiger partial charge in [-0.25, -0.2) is 13.1 Å². The summed E-state index contributed by atoms with van der Waals surface area (Å²) in [4.78, 5) is 9.17. The maximum absolute atomic E-state index is 11.1. The lowest BCUT2D eigenvalue weighted by atomic mass is 10.2. The van der Waals surface area contributed by atoms with Gasteiger partial charge in [0.15, 0.2) is 5.96 Å². The van der Waals surface area contributed by atoms with Gasteiger partial charge in [0.05, 0.1) is 12.8 Å². The maximum Gasteiger partial charge on any atom is 0.208 e. The fourth-order valence-electron chi connectivity index (χ4n) is 2.78. The summed E-state index contributed by atoms with van der Waals surface area (Å²) in [5.41, 5.74) is 1.26. The molecule has 1 fully saturated rings. The van der Waals surface area contributed by atoms with Crippen molar-refractivity contribution in [2.24, 2.45) is 4.99 Å². The second kappa shape index (κ2) is 10.1. The van der Waals surface area contributed by atoms with Gasteiger partial charge in [-0.1, -0.05) is 23.7 Å². The van der Waals surface area contributed by atoms with E-state index in [4.69, 9.17) is 11.6 Å². The Kier molecular flexibility index (Phi) is 8.15. The van der Waals surface area contributed by atoms with Crippen LogP contribution in [-0.2, 0) is 16.6 Å². The third-order valence-corrected chi connectivity index (χ3v) is 5.04. The number of nitrogens with one attached hydrogen (secondary N) is 2. The third kappa shape index (κ3) is 7.49. The molecule has 0 amide bonds. The molecule has 2 rings (SSSR count). The summed E-state index contributed by atoms with van der Waals surface area (Å²) in [7, 11) is -3.17. The van der Waals surface area contributed by atoms with Gasteiger partial charge in [-0.05, 0) is 24.6 Å². The summed E-state index contributed by atoms with van der Waals surface area (Å²) in [6.07, 6.45) is 1.15. The summed E-state index contributed by atoms with van der Waals surface area (Å²) >= 11 is 5.94. The molecule has 0 saturated carbocycles. The molecule has 1 heterocycles. The highest BCUT2D eigenvalue weighted by Crippen LogP contribution is 2.13. The van der Waals surface area contributed by atoms with Crippen LogP contribution in [0.25, 0.3) is 0 Å². The van der Waals surface area contributed by atoms with Gasteiger partial charge in [0, 0.05) is 50.8 Å². The van der Waals surface area contributed by atoms with E-state index in [-0.39, 0.29) is 0 Å². The van der Waals surface area contributed by atoms with Gasteiger partial charge in [-0.3, -0.25) is 9.89 Å². The van der Waals surface area contributed by atoms with Gasteiger partial charge in [-0.15, -0.1) is 0 Å². The Morgan fingerprint density at radius 3 is 2.42 bits per heavy atom. The molecule has 0 atom stereocenters. The summed E-state index contributed by atoms with van der Waals surface area (Å²) in [6.45, 7) is 8.13. The Bertz CT molecular complexity index is 686. The Hall–Kier alpha value is -1.35. The predicted octanol–water partition coefficient (Wildman–Crippen LogP) is 0.972. The van der Waals surface area contributed by atoms with E-state index in [2.05, 4.69) is 37.0 Å². The number of hydrogen-bond donors (Lipinski definition) is 2. The number of guanidine groups is 1. The number of piperazine rings is 1. The number of aliphatic imine (C=N–C) groups is 1. The molecule has 9 heteroatoms.